The Balaban J connectivity index is 1.90. The third-order valence-corrected chi connectivity index (χ3v) is 4.26. The van der Waals surface area contributed by atoms with Crippen LogP contribution in [-0.4, -0.2) is 29.7 Å². The monoisotopic (exact) mass is 410 g/mol. The maximum absolute atomic E-state index is 12.5. The molecule has 2 N–H and O–H groups in total. The summed E-state index contributed by atoms with van der Waals surface area (Å²) in [5, 5.41) is 5.40. The van der Waals surface area contributed by atoms with E-state index in [4.69, 9.17) is 4.74 Å². The van der Waals surface area contributed by atoms with Gasteiger partial charge in [0.05, 0.1) is 6.42 Å². The molecule has 0 aliphatic rings. The molecule has 0 saturated carbocycles. The third-order valence-electron chi connectivity index (χ3n) is 4.26. The van der Waals surface area contributed by atoms with Crippen molar-refractivity contribution in [3.8, 4) is 0 Å². The predicted octanol–water partition coefficient (Wildman–Crippen LogP) is 3.60. The average Bonchev–Trinajstić information content (AvgIpc) is 2.69. The van der Waals surface area contributed by atoms with Crippen LogP contribution in [0.2, 0.25) is 0 Å². The van der Waals surface area contributed by atoms with Crippen LogP contribution in [0.3, 0.4) is 0 Å². The van der Waals surface area contributed by atoms with Gasteiger partial charge in [-0.2, -0.15) is 0 Å². The van der Waals surface area contributed by atoms with Gasteiger partial charge in [-0.3, -0.25) is 19.2 Å². The van der Waals surface area contributed by atoms with Crippen LogP contribution >= 0.6 is 0 Å². The lowest BCUT2D eigenvalue weighted by atomic mass is 10.1. The Bertz CT molecular complexity index is 918. The highest BCUT2D eigenvalue weighted by molar-refractivity contribution is 6.01. The number of esters is 1. The first kappa shape index (κ1) is 22.8. The second-order valence-electron chi connectivity index (χ2n) is 7.27. The first-order chi connectivity index (χ1) is 14.2. The summed E-state index contributed by atoms with van der Waals surface area (Å²) in [6.07, 6.45) is -0.926. The van der Waals surface area contributed by atoms with E-state index in [2.05, 4.69) is 10.6 Å². The molecule has 0 aliphatic heterocycles. The van der Waals surface area contributed by atoms with Crippen LogP contribution in [0.1, 0.15) is 43.6 Å². The molecule has 0 fully saturated rings. The first-order valence-corrected chi connectivity index (χ1v) is 9.67. The molecule has 2 amide bonds. The summed E-state index contributed by atoms with van der Waals surface area (Å²) in [5.74, 6) is -1.28. The predicted molar refractivity (Wildman–Crippen MR) is 114 cm³/mol. The van der Waals surface area contributed by atoms with Gasteiger partial charge in [-0.15, -0.1) is 0 Å². The third kappa shape index (κ3) is 6.84. The van der Waals surface area contributed by atoms with Crippen LogP contribution < -0.4 is 10.6 Å². The number of carbonyl (C=O) groups excluding carboxylic acids is 4. The van der Waals surface area contributed by atoms with Crippen LogP contribution in [0.25, 0.3) is 0 Å². The summed E-state index contributed by atoms with van der Waals surface area (Å²) in [4.78, 5) is 47.4. The van der Waals surface area contributed by atoms with Crippen molar-refractivity contribution in [1.82, 2.24) is 0 Å². The molecule has 158 valence electrons. The normalized spacial score (nSPS) is 11.5. The van der Waals surface area contributed by atoms with E-state index >= 15 is 0 Å². The molecule has 0 spiro atoms. The maximum Gasteiger partial charge on any atom is 0.310 e. The van der Waals surface area contributed by atoms with Crippen LogP contribution in [0.15, 0.2) is 48.5 Å². The molecule has 0 saturated heterocycles. The number of ether oxygens (including phenoxy) is 1. The zero-order chi connectivity index (χ0) is 22.3. The smallest absolute Gasteiger partial charge is 0.310 e. The lowest BCUT2D eigenvalue weighted by Crippen LogP contribution is -2.25. The van der Waals surface area contributed by atoms with Gasteiger partial charge in [0.25, 0.3) is 0 Å². The average molecular weight is 410 g/mol. The molecule has 2 aromatic rings. The van der Waals surface area contributed by atoms with Crippen LogP contribution in [0, 0.1) is 5.92 Å². The van der Waals surface area contributed by atoms with Crippen molar-refractivity contribution in [2.75, 3.05) is 10.6 Å². The zero-order valence-electron chi connectivity index (χ0n) is 17.5. The highest BCUT2D eigenvalue weighted by Gasteiger charge is 2.20. The van der Waals surface area contributed by atoms with Crippen molar-refractivity contribution in [3.05, 3.63) is 59.7 Å². The van der Waals surface area contributed by atoms with Gasteiger partial charge in [0, 0.05) is 29.8 Å². The molecule has 0 unspecified atom stereocenters. The number of hydrogen-bond donors (Lipinski definition) is 2. The Morgan fingerprint density at radius 3 is 1.90 bits per heavy atom. The molecule has 0 bridgehead atoms. The van der Waals surface area contributed by atoms with Crippen LogP contribution in [-0.2, 0) is 25.5 Å². The molecule has 30 heavy (non-hydrogen) atoms. The second kappa shape index (κ2) is 10.3. The highest BCUT2D eigenvalue weighted by Crippen LogP contribution is 2.15. The van der Waals surface area contributed by atoms with Gasteiger partial charge in [0.2, 0.25) is 17.6 Å². The van der Waals surface area contributed by atoms with Crippen LogP contribution in [0.5, 0.6) is 0 Å². The summed E-state index contributed by atoms with van der Waals surface area (Å²) in [6, 6.07) is 13.3. The maximum atomic E-state index is 12.5. The van der Waals surface area contributed by atoms with E-state index in [1.54, 1.807) is 62.4 Å². The number of nitrogens with one attached hydrogen (secondary N) is 2. The SMILES string of the molecule is CC(=O)Nc1ccc(CC(=O)O[C@@H](C)C(=O)c2ccc(NC(=O)C(C)C)cc2)cc1. The van der Waals surface area contributed by atoms with Crippen molar-refractivity contribution in [3.63, 3.8) is 0 Å². The molecular weight excluding hydrogens is 384 g/mol. The van der Waals surface area contributed by atoms with Crippen molar-refractivity contribution in [2.45, 2.75) is 40.2 Å². The number of amides is 2. The number of carbonyl (C=O) groups is 4. The van der Waals surface area contributed by atoms with Gasteiger partial charge < -0.3 is 15.4 Å². The molecule has 2 aromatic carbocycles. The Morgan fingerprint density at radius 2 is 1.37 bits per heavy atom. The molecule has 0 aromatic heterocycles. The molecule has 7 nitrogen and oxygen atoms in total. The van der Waals surface area contributed by atoms with E-state index in [1.807, 2.05) is 0 Å². The second-order valence-corrected chi connectivity index (χ2v) is 7.27. The summed E-state index contributed by atoms with van der Waals surface area (Å²) in [7, 11) is 0. The van der Waals surface area contributed by atoms with Gasteiger partial charge in [0.1, 0.15) is 0 Å². The minimum absolute atomic E-state index is 0.0120. The summed E-state index contributed by atoms with van der Waals surface area (Å²) in [5.41, 5.74) is 2.32. The van der Waals surface area contributed by atoms with Crippen molar-refractivity contribution >= 4 is 34.9 Å². The van der Waals surface area contributed by atoms with Gasteiger partial charge in [0.15, 0.2) is 6.10 Å². The Hall–Kier alpha value is -3.48. The van der Waals surface area contributed by atoms with E-state index in [0.29, 0.717) is 22.5 Å². The molecule has 0 aliphatic carbocycles. The van der Waals surface area contributed by atoms with Gasteiger partial charge in [-0.25, -0.2) is 0 Å². The largest absolute Gasteiger partial charge is 0.454 e. The minimum Gasteiger partial charge on any atom is -0.454 e. The summed E-state index contributed by atoms with van der Waals surface area (Å²) < 4.78 is 5.26. The van der Waals surface area contributed by atoms with E-state index in [-0.39, 0.29) is 29.9 Å². The fourth-order valence-corrected chi connectivity index (χ4v) is 2.61. The number of Topliss-reactive ketones (excluding diaryl/α,β-unsaturated/α-hetero) is 1. The van der Waals surface area contributed by atoms with Gasteiger partial charge in [-0.05, 0) is 48.9 Å². The van der Waals surface area contributed by atoms with E-state index < -0.39 is 12.1 Å². The Labute approximate surface area is 175 Å². The van der Waals surface area contributed by atoms with Gasteiger partial charge in [-0.1, -0.05) is 26.0 Å². The number of benzene rings is 2. The molecule has 0 radical (unpaired) electrons. The fraction of sp³-hybridized carbons (Fsp3) is 0.304. The highest BCUT2D eigenvalue weighted by atomic mass is 16.5. The summed E-state index contributed by atoms with van der Waals surface area (Å²) >= 11 is 0. The molecule has 0 heterocycles. The Kier molecular flexibility index (Phi) is 7.86. The van der Waals surface area contributed by atoms with Crippen molar-refractivity contribution in [1.29, 1.82) is 0 Å². The lowest BCUT2D eigenvalue weighted by molar-refractivity contribution is -0.145. The number of ketones is 1. The van der Waals surface area contributed by atoms with E-state index in [9.17, 15) is 19.2 Å². The van der Waals surface area contributed by atoms with Crippen molar-refractivity contribution in [2.24, 2.45) is 5.92 Å². The molecule has 1 atom stereocenters. The number of rotatable bonds is 8. The number of anilines is 2. The molecule has 7 heteroatoms. The summed E-state index contributed by atoms with van der Waals surface area (Å²) in [6.45, 7) is 6.52. The van der Waals surface area contributed by atoms with Crippen molar-refractivity contribution < 1.29 is 23.9 Å². The quantitative estimate of drug-likeness (QED) is 0.511. The minimum atomic E-state index is -0.938. The lowest BCUT2D eigenvalue weighted by Gasteiger charge is -2.13. The number of hydrogen-bond acceptors (Lipinski definition) is 5. The van der Waals surface area contributed by atoms with E-state index in [0.717, 1.165) is 0 Å². The topological polar surface area (TPSA) is 102 Å². The fourth-order valence-electron chi connectivity index (χ4n) is 2.61. The van der Waals surface area contributed by atoms with Gasteiger partial charge >= 0.3 is 5.97 Å². The zero-order valence-corrected chi connectivity index (χ0v) is 17.5. The first-order valence-electron chi connectivity index (χ1n) is 9.67. The Morgan fingerprint density at radius 1 is 0.833 bits per heavy atom. The standard InChI is InChI=1S/C23H26N2O5/c1-14(2)23(29)25-20-11-7-18(8-12-20)22(28)15(3)30-21(27)13-17-5-9-19(10-6-17)24-16(4)26/h5-12,14-15H,13H2,1-4H3,(H,24,26)(H,25,29)/t15-/m0/s1. The molecule has 2 rings (SSSR count). The van der Waals surface area contributed by atoms with E-state index in [1.165, 1.54) is 13.8 Å². The molecular formula is C23H26N2O5. The van der Waals surface area contributed by atoms with Crippen LogP contribution in [0.4, 0.5) is 11.4 Å².